The first-order chi connectivity index (χ1) is 17.5. The van der Waals surface area contributed by atoms with E-state index in [4.69, 9.17) is 15.2 Å². The van der Waals surface area contributed by atoms with Gasteiger partial charge in [-0.05, 0) is 29.2 Å². The van der Waals surface area contributed by atoms with E-state index in [2.05, 4.69) is 6.07 Å². The average Bonchev–Trinajstić information content (AvgIpc) is 2.93. The van der Waals surface area contributed by atoms with E-state index in [0.717, 1.165) is 11.1 Å². The zero-order valence-corrected chi connectivity index (χ0v) is 20.0. The number of rotatable bonds is 6. The fourth-order valence-corrected chi connectivity index (χ4v) is 4.46. The molecule has 0 bridgehead atoms. The molecule has 1 heterocycles. The minimum Gasteiger partial charge on any atom is -0.466 e. The fourth-order valence-electron chi connectivity index (χ4n) is 4.46. The van der Waals surface area contributed by atoms with Crippen molar-refractivity contribution in [3.63, 3.8) is 0 Å². The molecule has 3 aromatic carbocycles. The lowest BCUT2D eigenvalue weighted by Gasteiger charge is -2.36. The van der Waals surface area contributed by atoms with Crippen LogP contribution in [0.3, 0.4) is 0 Å². The molecule has 1 unspecified atom stereocenters. The second-order valence-electron chi connectivity index (χ2n) is 8.13. The van der Waals surface area contributed by atoms with Crippen molar-refractivity contribution < 1.29 is 19.1 Å². The first kappa shape index (κ1) is 24.3. The smallest absolute Gasteiger partial charge is 0.355 e. The Morgan fingerprint density at radius 2 is 1.47 bits per heavy atom. The molecular formula is C29H25N3O4. The number of nitrogens with zero attached hydrogens (tertiary/aromatic N) is 2. The molecule has 2 N–H and O–H groups in total. The Kier molecular flexibility index (Phi) is 7.17. The Morgan fingerprint density at radius 3 is 2.08 bits per heavy atom. The van der Waals surface area contributed by atoms with E-state index in [1.807, 2.05) is 48.5 Å². The lowest BCUT2D eigenvalue weighted by molar-refractivity contribution is -0.139. The summed E-state index contributed by atoms with van der Waals surface area (Å²) in [5.41, 5.74) is 9.72. The fraction of sp³-hybridized carbons (Fsp3) is 0.138. The summed E-state index contributed by atoms with van der Waals surface area (Å²) in [6.45, 7) is 0. The second kappa shape index (κ2) is 10.6. The van der Waals surface area contributed by atoms with E-state index >= 15 is 0 Å². The largest absolute Gasteiger partial charge is 0.466 e. The maximum Gasteiger partial charge on any atom is 0.355 e. The summed E-state index contributed by atoms with van der Waals surface area (Å²) < 4.78 is 10.2. The van der Waals surface area contributed by atoms with Crippen LogP contribution in [0.25, 0.3) is 0 Å². The van der Waals surface area contributed by atoms with Gasteiger partial charge in [0, 0.05) is 0 Å². The van der Waals surface area contributed by atoms with E-state index in [1.54, 1.807) is 36.4 Å². The first-order valence-corrected chi connectivity index (χ1v) is 11.3. The number of nitrogens with two attached hydrogens (primary N) is 1. The van der Waals surface area contributed by atoms with Gasteiger partial charge in [0.25, 0.3) is 0 Å². The van der Waals surface area contributed by atoms with Crippen LogP contribution >= 0.6 is 0 Å². The number of allylic oxidation sites excluding steroid dienone is 1. The van der Waals surface area contributed by atoms with Crippen LogP contribution in [0.2, 0.25) is 0 Å². The third kappa shape index (κ3) is 4.44. The summed E-state index contributed by atoms with van der Waals surface area (Å²) in [7, 11) is 2.46. The number of benzene rings is 3. The third-order valence-electron chi connectivity index (χ3n) is 6.08. The molecule has 1 atom stereocenters. The number of carbonyl (C=O) groups is 2. The van der Waals surface area contributed by atoms with Gasteiger partial charge in [-0.25, -0.2) is 9.59 Å². The Hall–Kier alpha value is -4.83. The SMILES string of the molecule is COC(=O)C1=C(C(=O)OC)N(c2ccccc2Cc2ccccc2)C(N)=C(C#N)C1c1ccccc1. The highest BCUT2D eigenvalue weighted by molar-refractivity contribution is 6.06. The third-order valence-corrected chi connectivity index (χ3v) is 6.08. The molecule has 7 nitrogen and oxygen atoms in total. The topological polar surface area (TPSA) is 106 Å². The van der Waals surface area contributed by atoms with Gasteiger partial charge in [0.15, 0.2) is 0 Å². The molecule has 0 radical (unpaired) electrons. The molecule has 180 valence electrons. The van der Waals surface area contributed by atoms with Crippen molar-refractivity contribution in [2.24, 2.45) is 5.73 Å². The van der Waals surface area contributed by atoms with Crippen LogP contribution in [0, 0.1) is 11.3 Å². The molecule has 1 aliphatic heterocycles. The van der Waals surface area contributed by atoms with Gasteiger partial charge in [0.1, 0.15) is 11.5 Å². The molecule has 0 fully saturated rings. The van der Waals surface area contributed by atoms with Gasteiger partial charge >= 0.3 is 11.9 Å². The van der Waals surface area contributed by atoms with Gasteiger partial charge in [-0.15, -0.1) is 0 Å². The molecule has 0 aromatic heterocycles. The van der Waals surface area contributed by atoms with E-state index in [1.165, 1.54) is 19.1 Å². The van der Waals surface area contributed by atoms with E-state index in [9.17, 15) is 14.9 Å². The number of esters is 2. The molecule has 0 spiro atoms. The second-order valence-corrected chi connectivity index (χ2v) is 8.13. The van der Waals surface area contributed by atoms with Crippen LogP contribution in [0.1, 0.15) is 22.6 Å². The summed E-state index contributed by atoms with van der Waals surface area (Å²) >= 11 is 0. The summed E-state index contributed by atoms with van der Waals surface area (Å²) in [4.78, 5) is 27.9. The van der Waals surface area contributed by atoms with Crippen molar-refractivity contribution in [2.75, 3.05) is 19.1 Å². The summed E-state index contributed by atoms with van der Waals surface area (Å²) in [6, 6.07) is 28.3. The molecule has 36 heavy (non-hydrogen) atoms. The lowest BCUT2D eigenvalue weighted by atomic mass is 9.80. The monoisotopic (exact) mass is 479 g/mol. The van der Waals surface area contributed by atoms with Gasteiger partial charge in [-0.3, -0.25) is 4.90 Å². The van der Waals surface area contributed by atoms with Crippen molar-refractivity contribution in [2.45, 2.75) is 12.3 Å². The predicted octanol–water partition coefficient (Wildman–Crippen LogP) is 4.18. The highest BCUT2D eigenvalue weighted by Gasteiger charge is 2.43. The summed E-state index contributed by atoms with van der Waals surface area (Å²) in [5, 5.41) is 10.2. The zero-order chi connectivity index (χ0) is 25.7. The van der Waals surface area contributed by atoms with Crippen LogP contribution in [0.4, 0.5) is 5.69 Å². The maximum atomic E-state index is 13.3. The lowest BCUT2D eigenvalue weighted by Crippen LogP contribution is -2.41. The van der Waals surface area contributed by atoms with Crippen LogP contribution in [0.5, 0.6) is 0 Å². The quantitative estimate of drug-likeness (QED) is 0.529. The van der Waals surface area contributed by atoms with E-state index in [-0.39, 0.29) is 22.7 Å². The number of hydrogen-bond acceptors (Lipinski definition) is 7. The Morgan fingerprint density at radius 1 is 0.889 bits per heavy atom. The van der Waals surface area contributed by atoms with Crippen LogP contribution in [-0.2, 0) is 25.5 Å². The summed E-state index contributed by atoms with van der Waals surface area (Å²) in [6.07, 6.45) is 0.535. The standard InChI is InChI=1S/C29H25N3O4/c1-35-28(33)25-24(20-13-7-4-8-14-20)22(18-30)27(31)32(26(25)29(34)36-2)23-16-10-9-15-21(23)17-19-11-5-3-6-12-19/h3-16,24H,17,31H2,1-2H3. The van der Waals surface area contributed by atoms with Gasteiger partial charge in [0.05, 0.1) is 43.0 Å². The van der Waals surface area contributed by atoms with Crippen molar-refractivity contribution >= 4 is 17.6 Å². The predicted molar refractivity (Wildman–Crippen MR) is 135 cm³/mol. The van der Waals surface area contributed by atoms with Crippen LogP contribution in [0.15, 0.2) is 108 Å². The molecule has 0 aliphatic carbocycles. The highest BCUT2D eigenvalue weighted by atomic mass is 16.5. The number of methoxy groups -OCH3 is 2. The van der Waals surface area contributed by atoms with Gasteiger partial charge in [-0.2, -0.15) is 5.26 Å². The Balaban J connectivity index is 2.01. The van der Waals surface area contributed by atoms with E-state index < -0.39 is 17.9 Å². The van der Waals surface area contributed by atoms with Gasteiger partial charge in [0.2, 0.25) is 0 Å². The van der Waals surface area contributed by atoms with Crippen LogP contribution in [-0.4, -0.2) is 26.2 Å². The highest BCUT2D eigenvalue weighted by Crippen LogP contribution is 2.44. The number of nitriles is 1. The molecule has 1 aliphatic rings. The number of ether oxygens (including phenoxy) is 2. The maximum absolute atomic E-state index is 13.3. The van der Waals surface area contributed by atoms with E-state index in [0.29, 0.717) is 17.7 Å². The number of para-hydroxylation sites is 1. The number of carbonyl (C=O) groups excluding carboxylic acids is 2. The van der Waals surface area contributed by atoms with Gasteiger partial charge in [-0.1, -0.05) is 78.9 Å². The molecule has 7 heteroatoms. The van der Waals surface area contributed by atoms with Crippen molar-refractivity contribution in [1.82, 2.24) is 0 Å². The van der Waals surface area contributed by atoms with Crippen LogP contribution < -0.4 is 10.6 Å². The average molecular weight is 480 g/mol. The molecule has 3 aromatic rings. The minimum absolute atomic E-state index is 0.0178. The van der Waals surface area contributed by atoms with Crippen molar-refractivity contribution in [3.05, 3.63) is 124 Å². The summed E-state index contributed by atoms with van der Waals surface area (Å²) in [5.74, 6) is -2.39. The molecule has 0 saturated heterocycles. The van der Waals surface area contributed by atoms with Crippen molar-refractivity contribution in [3.8, 4) is 6.07 Å². The van der Waals surface area contributed by atoms with Gasteiger partial charge < -0.3 is 15.2 Å². The number of hydrogen-bond donors (Lipinski definition) is 1. The zero-order valence-electron chi connectivity index (χ0n) is 20.0. The Bertz CT molecular complexity index is 1390. The molecular weight excluding hydrogens is 454 g/mol. The molecule has 0 amide bonds. The minimum atomic E-state index is -0.907. The number of anilines is 1. The Labute approximate surface area is 209 Å². The first-order valence-electron chi connectivity index (χ1n) is 11.3. The normalized spacial score (nSPS) is 15.4. The van der Waals surface area contributed by atoms with Crippen molar-refractivity contribution in [1.29, 1.82) is 5.26 Å². The molecule has 4 rings (SSSR count). The molecule has 0 saturated carbocycles.